The molecule has 7 nitrogen and oxygen atoms in total. The van der Waals surface area contributed by atoms with Crippen LogP contribution in [0.3, 0.4) is 0 Å². The van der Waals surface area contributed by atoms with Crippen molar-refractivity contribution in [2.45, 2.75) is 18.9 Å². The number of hydrogen-bond acceptors (Lipinski definition) is 4. The van der Waals surface area contributed by atoms with Crippen LogP contribution in [0.25, 0.3) is 0 Å². The van der Waals surface area contributed by atoms with Crippen LogP contribution in [0.4, 0.5) is 0 Å². The molecule has 0 saturated carbocycles. The van der Waals surface area contributed by atoms with Crippen LogP contribution in [0.15, 0.2) is 22.8 Å². The molecule has 4 N–H and O–H groups in total. The zero-order valence-electron chi connectivity index (χ0n) is 9.80. The number of nitrogens with zero attached hydrogens (tertiary/aromatic N) is 1. The van der Waals surface area contributed by atoms with Gasteiger partial charge in [0.1, 0.15) is 11.7 Å². The first-order valence-corrected chi connectivity index (χ1v) is 6.13. The van der Waals surface area contributed by atoms with Gasteiger partial charge in [0, 0.05) is 17.1 Å². The van der Waals surface area contributed by atoms with Crippen LogP contribution in [-0.2, 0) is 9.59 Å². The van der Waals surface area contributed by atoms with E-state index >= 15 is 0 Å². The maximum atomic E-state index is 11.8. The van der Waals surface area contributed by atoms with E-state index in [2.05, 4.69) is 26.2 Å². The topological polar surface area (TPSA) is 122 Å². The third kappa shape index (κ3) is 4.66. The van der Waals surface area contributed by atoms with Crippen molar-refractivity contribution in [1.29, 1.82) is 0 Å². The molecule has 1 aromatic heterocycles. The molecule has 0 bridgehead atoms. The highest BCUT2D eigenvalue weighted by atomic mass is 79.9. The Morgan fingerprint density at radius 3 is 2.68 bits per heavy atom. The third-order valence-corrected chi connectivity index (χ3v) is 2.90. The molecule has 1 atom stereocenters. The number of carboxylic acid groups (broad SMARTS) is 1. The Balaban J connectivity index is 2.74. The first kappa shape index (κ1) is 15.1. The highest BCUT2D eigenvalue weighted by molar-refractivity contribution is 9.10. The fourth-order valence-electron chi connectivity index (χ4n) is 1.32. The first-order valence-electron chi connectivity index (χ1n) is 5.34. The second-order valence-corrected chi connectivity index (χ2v) is 4.56. The molecule has 0 aliphatic carbocycles. The highest BCUT2D eigenvalue weighted by Crippen LogP contribution is 2.13. The highest BCUT2D eigenvalue weighted by Gasteiger charge is 2.22. The number of carbonyl (C=O) groups is 3. The van der Waals surface area contributed by atoms with Gasteiger partial charge in [0.2, 0.25) is 5.91 Å². The van der Waals surface area contributed by atoms with Crippen LogP contribution in [-0.4, -0.2) is 33.9 Å². The predicted molar refractivity (Wildman–Crippen MR) is 69.3 cm³/mol. The van der Waals surface area contributed by atoms with Crippen molar-refractivity contribution < 1.29 is 19.5 Å². The molecule has 0 radical (unpaired) electrons. The molecular weight excluding hydrogens is 318 g/mol. The monoisotopic (exact) mass is 329 g/mol. The zero-order valence-corrected chi connectivity index (χ0v) is 11.4. The van der Waals surface area contributed by atoms with Crippen LogP contribution in [0, 0.1) is 0 Å². The summed E-state index contributed by atoms with van der Waals surface area (Å²) in [6, 6.07) is 2.05. The number of carboxylic acids is 1. The summed E-state index contributed by atoms with van der Waals surface area (Å²) < 4.78 is 0.451. The molecular formula is C11H12BrN3O4. The van der Waals surface area contributed by atoms with Gasteiger partial charge in [0.25, 0.3) is 5.91 Å². The van der Waals surface area contributed by atoms with Gasteiger partial charge in [-0.2, -0.15) is 0 Å². The smallest absolute Gasteiger partial charge is 0.326 e. The lowest BCUT2D eigenvalue weighted by molar-refractivity contribution is -0.139. The fourth-order valence-corrected chi connectivity index (χ4v) is 1.76. The number of nitrogens with two attached hydrogens (primary N) is 1. The Labute approximate surface area is 117 Å². The van der Waals surface area contributed by atoms with Gasteiger partial charge >= 0.3 is 5.97 Å². The number of carbonyl (C=O) groups excluding carboxylic acids is 2. The van der Waals surface area contributed by atoms with Gasteiger partial charge in [0.15, 0.2) is 0 Å². The third-order valence-electron chi connectivity index (χ3n) is 2.26. The van der Waals surface area contributed by atoms with Gasteiger partial charge in [-0.05, 0) is 34.5 Å². The summed E-state index contributed by atoms with van der Waals surface area (Å²) in [4.78, 5) is 37.3. The maximum absolute atomic E-state index is 11.8. The molecule has 0 aliphatic heterocycles. The minimum Gasteiger partial charge on any atom is -0.480 e. The van der Waals surface area contributed by atoms with Crippen molar-refractivity contribution in [3.05, 3.63) is 28.5 Å². The molecule has 1 heterocycles. The van der Waals surface area contributed by atoms with Crippen LogP contribution in [0.5, 0.6) is 0 Å². The van der Waals surface area contributed by atoms with Gasteiger partial charge in [0.05, 0.1) is 0 Å². The minimum atomic E-state index is -1.23. The molecule has 0 aromatic carbocycles. The molecule has 1 rings (SSSR count). The SMILES string of the molecule is NC(=O)CC[C@H](NC(=O)c1ncccc1Br)C(=O)O. The van der Waals surface area contributed by atoms with E-state index in [1.165, 1.54) is 6.20 Å². The second-order valence-electron chi connectivity index (χ2n) is 3.70. The quantitative estimate of drug-likeness (QED) is 0.692. The van der Waals surface area contributed by atoms with Gasteiger partial charge in [-0.15, -0.1) is 0 Å². The largest absolute Gasteiger partial charge is 0.480 e. The summed E-state index contributed by atoms with van der Waals surface area (Å²) in [5.41, 5.74) is 5.02. The van der Waals surface area contributed by atoms with Crippen molar-refractivity contribution in [3.8, 4) is 0 Å². The molecule has 0 aliphatic rings. The van der Waals surface area contributed by atoms with Crippen molar-refractivity contribution in [2.24, 2.45) is 5.73 Å². The van der Waals surface area contributed by atoms with E-state index in [1.54, 1.807) is 12.1 Å². The van der Waals surface area contributed by atoms with E-state index in [0.717, 1.165) is 0 Å². The number of pyridine rings is 1. The van der Waals surface area contributed by atoms with Crippen LogP contribution in [0.2, 0.25) is 0 Å². The number of primary amides is 1. The Kier molecular flexibility index (Phi) is 5.43. The summed E-state index contributed by atoms with van der Waals surface area (Å²) in [6.07, 6.45) is 1.22. The van der Waals surface area contributed by atoms with E-state index < -0.39 is 23.8 Å². The van der Waals surface area contributed by atoms with Crippen LogP contribution in [0.1, 0.15) is 23.3 Å². The average Bonchev–Trinajstić information content (AvgIpc) is 2.34. The lowest BCUT2D eigenvalue weighted by Gasteiger charge is -2.13. The standard InChI is InChI=1S/C11H12BrN3O4/c12-6-2-1-5-14-9(6)10(17)15-7(11(18)19)3-4-8(13)16/h1-2,5,7H,3-4H2,(H2,13,16)(H,15,17)(H,18,19)/t7-/m0/s1. The number of halogens is 1. The molecule has 0 fully saturated rings. The maximum Gasteiger partial charge on any atom is 0.326 e. The Morgan fingerprint density at radius 1 is 1.47 bits per heavy atom. The minimum absolute atomic E-state index is 0.0686. The molecule has 0 unspecified atom stereocenters. The average molecular weight is 330 g/mol. The lowest BCUT2D eigenvalue weighted by Crippen LogP contribution is -2.41. The van der Waals surface area contributed by atoms with Crippen molar-refractivity contribution in [3.63, 3.8) is 0 Å². The Hall–Kier alpha value is -1.96. The summed E-state index contributed by atoms with van der Waals surface area (Å²) >= 11 is 3.14. The Morgan fingerprint density at radius 2 is 2.16 bits per heavy atom. The lowest BCUT2D eigenvalue weighted by atomic mass is 10.1. The summed E-state index contributed by atoms with van der Waals surface area (Å²) in [6.45, 7) is 0. The zero-order chi connectivity index (χ0) is 14.4. The predicted octanol–water partition coefficient (Wildman–Crippen LogP) is 0.293. The first-order chi connectivity index (χ1) is 8.91. The summed E-state index contributed by atoms with van der Waals surface area (Å²) in [5, 5.41) is 11.2. The van der Waals surface area contributed by atoms with Gasteiger partial charge < -0.3 is 16.2 Å². The summed E-state index contributed by atoms with van der Waals surface area (Å²) in [7, 11) is 0. The van der Waals surface area contributed by atoms with E-state index in [0.29, 0.717) is 4.47 Å². The molecule has 8 heteroatoms. The number of aliphatic carboxylic acids is 1. The van der Waals surface area contributed by atoms with E-state index in [1.807, 2.05) is 0 Å². The van der Waals surface area contributed by atoms with E-state index in [-0.39, 0.29) is 18.5 Å². The molecule has 0 saturated heterocycles. The van der Waals surface area contributed by atoms with Crippen molar-refractivity contribution >= 4 is 33.7 Å². The van der Waals surface area contributed by atoms with Crippen molar-refractivity contribution in [1.82, 2.24) is 10.3 Å². The number of hydrogen-bond donors (Lipinski definition) is 3. The number of amides is 2. The Bertz CT molecular complexity index is 506. The normalized spacial score (nSPS) is 11.6. The second kappa shape index (κ2) is 6.83. The molecule has 1 aromatic rings. The molecule has 2 amide bonds. The van der Waals surface area contributed by atoms with Gasteiger partial charge in [-0.1, -0.05) is 0 Å². The van der Waals surface area contributed by atoms with Crippen LogP contribution >= 0.6 is 15.9 Å². The van der Waals surface area contributed by atoms with E-state index in [9.17, 15) is 14.4 Å². The van der Waals surface area contributed by atoms with Crippen LogP contribution < -0.4 is 11.1 Å². The fraction of sp³-hybridized carbons (Fsp3) is 0.273. The number of rotatable bonds is 6. The number of nitrogens with one attached hydrogen (secondary N) is 1. The molecule has 19 heavy (non-hydrogen) atoms. The van der Waals surface area contributed by atoms with Crippen molar-refractivity contribution in [2.75, 3.05) is 0 Å². The van der Waals surface area contributed by atoms with Gasteiger partial charge in [-0.25, -0.2) is 9.78 Å². The molecule has 102 valence electrons. The summed E-state index contributed by atoms with van der Waals surface area (Å²) in [5.74, 6) is -2.49. The molecule has 0 spiro atoms. The van der Waals surface area contributed by atoms with E-state index in [4.69, 9.17) is 10.8 Å². The van der Waals surface area contributed by atoms with Gasteiger partial charge in [-0.3, -0.25) is 9.59 Å². The number of aromatic nitrogens is 1.